The van der Waals surface area contributed by atoms with E-state index in [1.54, 1.807) is 52.0 Å². The quantitative estimate of drug-likeness (QED) is 0.876. The zero-order valence-corrected chi connectivity index (χ0v) is 13.3. The number of rotatable bonds is 5. The third-order valence-electron chi connectivity index (χ3n) is 2.91. The molecule has 0 fully saturated rings. The molecule has 0 radical (unpaired) electrons. The molecule has 0 aliphatic heterocycles. The van der Waals surface area contributed by atoms with Crippen molar-refractivity contribution in [3.05, 3.63) is 29.3 Å². The maximum absolute atomic E-state index is 12.1. The Kier molecular flexibility index (Phi) is 5.61. The first-order chi connectivity index (χ1) is 9.62. The van der Waals surface area contributed by atoms with Crippen LogP contribution >= 0.6 is 11.6 Å². The fourth-order valence-corrected chi connectivity index (χ4v) is 1.87. The minimum atomic E-state index is -1.08. The number of carbonyl (C=O) groups excluding carboxylic acids is 1. The van der Waals surface area contributed by atoms with Crippen LogP contribution in [0.15, 0.2) is 24.3 Å². The average molecular weight is 314 g/mol. The van der Waals surface area contributed by atoms with Crippen LogP contribution in [0.25, 0.3) is 0 Å². The number of aliphatic carboxylic acids is 1. The van der Waals surface area contributed by atoms with E-state index in [2.05, 4.69) is 5.32 Å². The lowest BCUT2D eigenvalue weighted by Crippen LogP contribution is -2.52. The van der Waals surface area contributed by atoms with Crippen molar-refractivity contribution in [2.45, 2.75) is 39.8 Å². The molecule has 0 spiro atoms. The second kappa shape index (κ2) is 6.80. The van der Waals surface area contributed by atoms with E-state index >= 15 is 0 Å². The lowest BCUT2D eigenvalue weighted by molar-refractivity contribution is -0.146. The van der Waals surface area contributed by atoms with E-state index in [0.717, 1.165) is 0 Å². The lowest BCUT2D eigenvalue weighted by Gasteiger charge is -2.28. The number of benzene rings is 1. The van der Waals surface area contributed by atoms with Crippen LogP contribution in [0.4, 0.5) is 0 Å². The predicted molar refractivity (Wildman–Crippen MR) is 80.6 cm³/mol. The first-order valence-electron chi connectivity index (χ1n) is 6.57. The van der Waals surface area contributed by atoms with Gasteiger partial charge in [-0.25, -0.2) is 4.79 Å². The third-order valence-corrected chi connectivity index (χ3v) is 3.22. The summed E-state index contributed by atoms with van der Waals surface area (Å²) in [5.41, 5.74) is -0.606. The Balaban J connectivity index is 2.75. The van der Waals surface area contributed by atoms with Gasteiger partial charge in [0.15, 0.2) is 6.10 Å². The zero-order chi connectivity index (χ0) is 16.2. The highest BCUT2D eigenvalue weighted by Gasteiger charge is 2.34. The number of hydrogen-bond donors (Lipinski definition) is 2. The Morgan fingerprint density at radius 2 is 1.86 bits per heavy atom. The standard InChI is InChI=1S/C15H20ClNO4/c1-9(21-11-8-6-5-7-10(11)16)13(18)17-12(14(19)20)15(2,3)4/h5-9,12H,1-4H3,(H,17,18)(H,19,20)/t9?,12-/m1/s1. The maximum Gasteiger partial charge on any atom is 0.326 e. The van der Waals surface area contributed by atoms with Crippen LogP contribution in [0, 0.1) is 5.41 Å². The van der Waals surface area contributed by atoms with Crippen molar-refractivity contribution in [1.82, 2.24) is 5.32 Å². The number of halogens is 1. The number of carbonyl (C=O) groups is 2. The molecule has 1 unspecified atom stereocenters. The number of carboxylic acid groups (broad SMARTS) is 1. The summed E-state index contributed by atoms with van der Waals surface area (Å²) in [6.45, 7) is 6.77. The summed E-state index contributed by atoms with van der Waals surface area (Å²) in [7, 11) is 0. The lowest BCUT2D eigenvalue weighted by atomic mass is 9.86. The zero-order valence-electron chi connectivity index (χ0n) is 12.5. The molecule has 2 N–H and O–H groups in total. The van der Waals surface area contributed by atoms with Crippen molar-refractivity contribution in [2.75, 3.05) is 0 Å². The summed E-state index contributed by atoms with van der Waals surface area (Å²) >= 11 is 5.95. The fraction of sp³-hybridized carbons (Fsp3) is 0.467. The Labute approximate surface area is 129 Å². The second-order valence-electron chi connectivity index (χ2n) is 5.84. The van der Waals surface area contributed by atoms with Crippen molar-refractivity contribution in [3.8, 4) is 5.75 Å². The van der Waals surface area contributed by atoms with E-state index in [9.17, 15) is 14.7 Å². The van der Waals surface area contributed by atoms with Crippen LogP contribution in [0.3, 0.4) is 0 Å². The summed E-state index contributed by atoms with van der Waals surface area (Å²) in [5.74, 6) is -1.21. The highest BCUT2D eigenvalue weighted by atomic mass is 35.5. The minimum absolute atomic E-state index is 0.379. The summed E-state index contributed by atoms with van der Waals surface area (Å²) in [5, 5.41) is 12.1. The summed E-state index contributed by atoms with van der Waals surface area (Å²) in [6.07, 6.45) is -0.853. The largest absolute Gasteiger partial charge is 0.480 e. The number of carboxylic acids is 1. The van der Waals surface area contributed by atoms with Crippen molar-refractivity contribution < 1.29 is 19.4 Å². The number of nitrogens with one attached hydrogen (secondary N) is 1. The molecule has 0 bridgehead atoms. The third kappa shape index (κ3) is 4.93. The van der Waals surface area contributed by atoms with Gasteiger partial charge in [0, 0.05) is 0 Å². The highest BCUT2D eigenvalue weighted by Crippen LogP contribution is 2.24. The Morgan fingerprint density at radius 1 is 1.29 bits per heavy atom. The molecular formula is C15H20ClNO4. The monoisotopic (exact) mass is 313 g/mol. The molecule has 116 valence electrons. The van der Waals surface area contributed by atoms with Gasteiger partial charge < -0.3 is 15.2 Å². The second-order valence-corrected chi connectivity index (χ2v) is 6.24. The molecular weight excluding hydrogens is 294 g/mol. The van der Waals surface area contributed by atoms with Crippen LogP contribution in [0.1, 0.15) is 27.7 Å². The molecule has 6 heteroatoms. The van der Waals surface area contributed by atoms with Gasteiger partial charge in [-0.2, -0.15) is 0 Å². The van der Waals surface area contributed by atoms with E-state index < -0.39 is 29.4 Å². The Morgan fingerprint density at radius 3 is 2.33 bits per heavy atom. The molecule has 5 nitrogen and oxygen atoms in total. The molecule has 1 aromatic carbocycles. The molecule has 21 heavy (non-hydrogen) atoms. The number of amides is 1. The van der Waals surface area contributed by atoms with E-state index in [-0.39, 0.29) is 0 Å². The maximum atomic E-state index is 12.1. The SMILES string of the molecule is CC(Oc1ccccc1Cl)C(=O)N[C@H](C(=O)O)C(C)(C)C. The number of hydrogen-bond acceptors (Lipinski definition) is 3. The van der Waals surface area contributed by atoms with E-state index in [0.29, 0.717) is 10.8 Å². The van der Waals surface area contributed by atoms with Gasteiger partial charge in [0.2, 0.25) is 0 Å². The van der Waals surface area contributed by atoms with Gasteiger partial charge in [-0.15, -0.1) is 0 Å². The van der Waals surface area contributed by atoms with Crippen molar-refractivity contribution >= 4 is 23.5 Å². The van der Waals surface area contributed by atoms with Crippen molar-refractivity contribution in [3.63, 3.8) is 0 Å². The molecule has 0 aliphatic carbocycles. The summed E-state index contributed by atoms with van der Waals surface area (Å²) in [6, 6.07) is 5.78. The molecule has 1 amide bonds. The van der Waals surface area contributed by atoms with Crippen LogP contribution < -0.4 is 10.1 Å². The molecule has 0 saturated carbocycles. The van der Waals surface area contributed by atoms with Gasteiger partial charge in [0.25, 0.3) is 5.91 Å². The molecule has 0 heterocycles. The van der Waals surface area contributed by atoms with E-state index in [4.69, 9.17) is 16.3 Å². The predicted octanol–water partition coefficient (Wildman–Crippen LogP) is 2.72. The highest BCUT2D eigenvalue weighted by molar-refractivity contribution is 6.32. The van der Waals surface area contributed by atoms with Crippen LogP contribution in [0.2, 0.25) is 5.02 Å². The van der Waals surface area contributed by atoms with Gasteiger partial charge in [-0.1, -0.05) is 44.5 Å². The molecule has 0 aliphatic rings. The molecule has 0 aromatic heterocycles. The van der Waals surface area contributed by atoms with Gasteiger partial charge in [0.05, 0.1) is 5.02 Å². The van der Waals surface area contributed by atoms with Crippen LogP contribution in [-0.2, 0) is 9.59 Å². The van der Waals surface area contributed by atoms with Gasteiger partial charge >= 0.3 is 5.97 Å². The van der Waals surface area contributed by atoms with Gasteiger partial charge in [-0.05, 0) is 24.5 Å². The fourth-order valence-electron chi connectivity index (χ4n) is 1.69. The van der Waals surface area contributed by atoms with Crippen LogP contribution in [-0.4, -0.2) is 29.1 Å². The van der Waals surface area contributed by atoms with Crippen molar-refractivity contribution in [1.29, 1.82) is 0 Å². The Bertz CT molecular complexity index is 525. The van der Waals surface area contributed by atoms with Crippen molar-refractivity contribution in [2.24, 2.45) is 5.41 Å². The molecule has 1 aromatic rings. The first-order valence-corrected chi connectivity index (χ1v) is 6.95. The average Bonchev–Trinajstić information content (AvgIpc) is 2.36. The van der Waals surface area contributed by atoms with E-state index in [1.165, 1.54) is 0 Å². The molecule has 2 atom stereocenters. The minimum Gasteiger partial charge on any atom is -0.480 e. The summed E-state index contributed by atoms with van der Waals surface area (Å²) < 4.78 is 5.46. The van der Waals surface area contributed by atoms with E-state index in [1.807, 2.05) is 0 Å². The topological polar surface area (TPSA) is 75.6 Å². The number of ether oxygens (including phenoxy) is 1. The van der Waals surface area contributed by atoms with Gasteiger partial charge in [-0.3, -0.25) is 4.79 Å². The summed E-state index contributed by atoms with van der Waals surface area (Å²) in [4.78, 5) is 23.3. The smallest absolute Gasteiger partial charge is 0.326 e. The molecule has 0 saturated heterocycles. The molecule has 1 rings (SSSR count). The Hall–Kier alpha value is -1.75. The first kappa shape index (κ1) is 17.3. The van der Waals surface area contributed by atoms with Gasteiger partial charge in [0.1, 0.15) is 11.8 Å². The normalized spacial score (nSPS) is 14.1. The number of para-hydroxylation sites is 1. The van der Waals surface area contributed by atoms with Crippen LogP contribution in [0.5, 0.6) is 5.75 Å².